The number of anilines is 1. The molecule has 23 heavy (non-hydrogen) atoms. The van der Waals surface area contributed by atoms with E-state index in [1.165, 1.54) is 36.7 Å². The van der Waals surface area contributed by atoms with Gasteiger partial charge < -0.3 is 15.0 Å². The van der Waals surface area contributed by atoms with Crippen LogP contribution in [0.4, 0.5) is 10.1 Å². The number of aromatic amines is 1. The molecule has 0 fully saturated rings. The minimum Gasteiger partial charge on any atom is -0.468 e. The van der Waals surface area contributed by atoms with E-state index in [0.717, 1.165) is 0 Å². The molecule has 2 N–H and O–H groups in total. The smallest absolute Gasteiger partial charge is 0.275 e. The Labute approximate surface area is 130 Å². The number of nitrogens with one attached hydrogen (secondary N) is 2. The van der Waals surface area contributed by atoms with Crippen LogP contribution in [0.15, 0.2) is 49.1 Å². The molecule has 0 bridgehead atoms. The minimum absolute atomic E-state index is 0.125. The lowest BCUT2D eigenvalue weighted by atomic mass is 10.3. The number of nitrogens with zero attached hydrogens (tertiary/aromatic N) is 3. The molecule has 0 aliphatic carbocycles. The maximum Gasteiger partial charge on any atom is 0.275 e. The molecule has 0 saturated carbocycles. The van der Waals surface area contributed by atoms with Gasteiger partial charge in [0.2, 0.25) is 5.88 Å². The molecule has 3 aromatic rings. The average Bonchev–Trinajstić information content (AvgIpc) is 3.09. The Morgan fingerprint density at radius 2 is 2.00 bits per heavy atom. The maximum atomic E-state index is 12.8. The second-order valence-corrected chi connectivity index (χ2v) is 4.53. The molecule has 2 aromatic heterocycles. The molecule has 3 rings (SSSR count). The summed E-state index contributed by atoms with van der Waals surface area (Å²) in [5.41, 5.74) is 0.594. The van der Waals surface area contributed by atoms with Crippen LogP contribution in [0.3, 0.4) is 0 Å². The van der Waals surface area contributed by atoms with Gasteiger partial charge in [-0.15, -0.1) is 0 Å². The Hall–Kier alpha value is -3.29. The van der Waals surface area contributed by atoms with E-state index in [4.69, 9.17) is 4.74 Å². The highest BCUT2D eigenvalue weighted by Crippen LogP contribution is 2.11. The first-order valence-corrected chi connectivity index (χ1v) is 6.71. The van der Waals surface area contributed by atoms with Gasteiger partial charge in [0.25, 0.3) is 5.91 Å². The SMILES string of the molecule is O=C(Nc1ccc(F)cc1)c1cnc(OCc2ncc[nH]2)cn1. The predicted octanol–water partition coefficient (Wildman–Crippen LogP) is 2.17. The first-order valence-electron chi connectivity index (χ1n) is 6.71. The normalized spacial score (nSPS) is 10.3. The fourth-order valence-electron chi connectivity index (χ4n) is 1.76. The van der Waals surface area contributed by atoms with Gasteiger partial charge in [0.15, 0.2) is 0 Å². The zero-order chi connectivity index (χ0) is 16.1. The lowest BCUT2D eigenvalue weighted by Gasteiger charge is -2.06. The van der Waals surface area contributed by atoms with Crippen molar-refractivity contribution in [1.82, 2.24) is 19.9 Å². The van der Waals surface area contributed by atoms with Crippen LogP contribution in [0, 0.1) is 5.82 Å². The van der Waals surface area contributed by atoms with Gasteiger partial charge in [0.05, 0.1) is 12.4 Å². The van der Waals surface area contributed by atoms with Crippen LogP contribution in [-0.4, -0.2) is 25.8 Å². The Kier molecular flexibility index (Phi) is 4.23. The number of halogens is 1. The average molecular weight is 313 g/mol. The fourth-order valence-corrected chi connectivity index (χ4v) is 1.76. The summed E-state index contributed by atoms with van der Waals surface area (Å²) in [6.07, 6.45) is 5.96. The number of H-pyrrole nitrogens is 1. The van der Waals surface area contributed by atoms with E-state index < -0.39 is 5.91 Å². The summed E-state index contributed by atoms with van der Waals surface area (Å²) in [6.45, 7) is 0.225. The Morgan fingerprint density at radius 1 is 1.17 bits per heavy atom. The summed E-state index contributed by atoms with van der Waals surface area (Å²) in [5, 5.41) is 2.60. The van der Waals surface area contributed by atoms with Gasteiger partial charge in [-0.25, -0.2) is 19.3 Å². The molecule has 0 aliphatic heterocycles. The van der Waals surface area contributed by atoms with Crippen LogP contribution in [0.1, 0.15) is 16.3 Å². The molecule has 7 nitrogen and oxygen atoms in total. The third-order valence-electron chi connectivity index (χ3n) is 2.87. The van der Waals surface area contributed by atoms with Crippen LogP contribution in [-0.2, 0) is 6.61 Å². The van der Waals surface area contributed by atoms with Crippen molar-refractivity contribution in [1.29, 1.82) is 0 Å². The largest absolute Gasteiger partial charge is 0.468 e. The molecule has 0 unspecified atom stereocenters. The van der Waals surface area contributed by atoms with E-state index in [1.807, 2.05) is 0 Å². The van der Waals surface area contributed by atoms with E-state index in [1.54, 1.807) is 12.4 Å². The number of amides is 1. The van der Waals surface area contributed by atoms with Crippen LogP contribution >= 0.6 is 0 Å². The number of carbonyl (C=O) groups excluding carboxylic acids is 1. The van der Waals surface area contributed by atoms with E-state index >= 15 is 0 Å². The highest BCUT2D eigenvalue weighted by Gasteiger charge is 2.09. The molecular weight excluding hydrogens is 301 g/mol. The van der Waals surface area contributed by atoms with E-state index in [-0.39, 0.29) is 24.0 Å². The minimum atomic E-state index is -0.443. The van der Waals surface area contributed by atoms with Crippen molar-refractivity contribution in [2.75, 3.05) is 5.32 Å². The first kappa shape index (κ1) is 14.6. The lowest BCUT2D eigenvalue weighted by Crippen LogP contribution is -2.14. The zero-order valence-electron chi connectivity index (χ0n) is 11.9. The van der Waals surface area contributed by atoms with Gasteiger partial charge in [0, 0.05) is 18.1 Å². The number of rotatable bonds is 5. The first-order chi connectivity index (χ1) is 11.2. The Balaban J connectivity index is 1.59. The van der Waals surface area contributed by atoms with E-state index in [0.29, 0.717) is 11.5 Å². The quantitative estimate of drug-likeness (QED) is 0.753. The fraction of sp³-hybridized carbons (Fsp3) is 0.0667. The molecule has 0 radical (unpaired) electrons. The molecular formula is C15H12FN5O2. The number of imidazole rings is 1. The number of hydrogen-bond donors (Lipinski definition) is 2. The van der Waals surface area contributed by atoms with Crippen molar-refractivity contribution in [2.24, 2.45) is 0 Å². The van der Waals surface area contributed by atoms with Crippen LogP contribution < -0.4 is 10.1 Å². The van der Waals surface area contributed by atoms with Crippen molar-refractivity contribution < 1.29 is 13.9 Å². The van der Waals surface area contributed by atoms with Crippen molar-refractivity contribution in [3.05, 3.63) is 66.4 Å². The summed E-state index contributed by atoms with van der Waals surface area (Å²) < 4.78 is 18.2. The zero-order valence-corrected chi connectivity index (χ0v) is 11.9. The highest BCUT2D eigenvalue weighted by atomic mass is 19.1. The summed E-state index contributed by atoms with van der Waals surface area (Å²) in [5.74, 6) is 0.118. The Morgan fingerprint density at radius 3 is 2.65 bits per heavy atom. The van der Waals surface area contributed by atoms with Crippen molar-refractivity contribution in [2.45, 2.75) is 6.61 Å². The van der Waals surface area contributed by atoms with Gasteiger partial charge in [-0.1, -0.05) is 0 Å². The van der Waals surface area contributed by atoms with Crippen LogP contribution in [0.2, 0.25) is 0 Å². The lowest BCUT2D eigenvalue weighted by molar-refractivity contribution is 0.102. The second kappa shape index (κ2) is 6.65. The maximum absolute atomic E-state index is 12.8. The summed E-state index contributed by atoms with van der Waals surface area (Å²) >= 11 is 0. The summed E-state index contributed by atoms with van der Waals surface area (Å²) in [7, 11) is 0. The molecule has 1 amide bonds. The topological polar surface area (TPSA) is 92.8 Å². The van der Waals surface area contributed by atoms with Crippen molar-refractivity contribution in [3.8, 4) is 5.88 Å². The monoisotopic (exact) mass is 313 g/mol. The molecule has 0 saturated heterocycles. The van der Waals surface area contributed by atoms with Crippen LogP contribution in [0.25, 0.3) is 0 Å². The standard InChI is InChI=1S/C15H12FN5O2/c16-10-1-3-11(4-2-10)21-15(22)12-7-20-14(8-19-12)23-9-13-17-5-6-18-13/h1-8H,9H2,(H,17,18)(H,21,22). The third-order valence-corrected chi connectivity index (χ3v) is 2.87. The number of carbonyl (C=O) groups is 1. The summed E-state index contributed by atoms with van der Waals surface area (Å²) in [4.78, 5) is 26.9. The molecule has 2 heterocycles. The summed E-state index contributed by atoms with van der Waals surface area (Å²) in [6, 6.07) is 5.43. The van der Waals surface area contributed by atoms with Crippen molar-refractivity contribution in [3.63, 3.8) is 0 Å². The predicted molar refractivity (Wildman–Crippen MR) is 79.3 cm³/mol. The number of hydrogen-bond acceptors (Lipinski definition) is 5. The van der Waals surface area contributed by atoms with Crippen molar-refractivity contribution >= 4 is 11.6 Å². The van der Waals surface area contributed by atoms with E-state index in [2.05, 4.69) is 25.3 Å². The second-order valence-electron chi connectivity index (χ2n) is 4.53. The molecule has 116 valence electrons. The number of benzene rings is 1. The Bertz CT molecular complexity index is 773. The molecule has 1 aromatic carbocycles. The number of aromatic nitrogens is 4. The highest BCUT2D eigenvalue weighted by molar-refractivity contribution is 6.02. The molecule has 0 atom stereocenters. The van der Waals surface area contributed by atoms with Gasteiger partial charge in [-0.3, -0.25) is 4.79 Å². The molecule has 0 aliphatic rings. The van der Waals surface area contributed by atoms with Gasteiger partial charge in [0.1, 0.15) is 23.9 Å². The van der Waals surface area contributed by atoms with E-state index in [9.17, 15) is 9.18 Å². The molecule has 8 heteroatoms. The number of ether oxygens (including phenoxy) is 1. The van der Waals surface area contributed by atoms with Gasteiger partial charge in [-0.05, 0) is 24.3 Å². The van der Waals surface area contributed by atoms with Crippen LogP contribution in [0.5, 0.6) is 5.88 Å². The van der Waals surface area contributed by atoms with Gasteiger partial charge >= 0.3 is 0 Å². The van der Waals surface area contributed by atoms with Gasteiger partial charge in [-0.2, -0.15) is 0 Å². The third kappa shape index (κ3) is 3.88. The molecule has 0 spiro atoms.